The maximum atomic E-state index is 12.0. The number of hydrogen-bond donors (Lipinski definition) is 1. The van der Waals surface area contributed by atoms with E-state index < -0.39 is 0 Å². The molecule has 4 heteroatoms. The zero-order valence-corrected chi connectivity index (χ0v) is 12.1. The van der Waals surface area contributed by atoms with Crippen LogP contribution in [0.2, 0.25) is 5.02 Å². The minimum Gasteiger partial charge on any atom is -0.351 e. The predicted octanol–water partition coefficient (Wildman–Crippen LogP) is 4.39. The Morgan fingerprint density at radius 3 is 2.94 bits per heavy atom. The second-order valence-electron chi connectivity index (χ2n) is 4.35. The summed E-state index contributed by atoms with van der Waals surface area (Å²) in [5.74, 6) is -0.0627. The summed E-state index contributed by atoms with van der Waals surface area (Å²) in [6.45, 7) is 4.84. The first-order valence-corrected chi connectivity index (χ1v) is 7.29. The average molecular weight is 282 g/mol. The van der Waals surface area contributed by atoms with Crippen LogP contribution >= 0.6 is 22.9 Å². The number of thiophene rings is 1. The van der Waals surface area contributed by atoms with Crippen LogP contribution in [-0.2, 0) is 0 Å². The minimum absolute atomic E-state index is 0.0627. The van der Waals surface area contributed by atoms with E-state index in [2.05, 4.69) is 18.3 Å². The van der Waals surface area contributed by atoms with Gasteiger partial charge < -0.3 is 5.32 Å². The van der Waals surface area contributed by atoms with Crippen molar-refractivity contribution in [2.45, 2.75) is 26.7 Å². The quantitative estimate of drug-likeness (QED) is 0.827. The largest absolute Gasteiger partial charge is 0.351 e. The molecule has 2 nitrogen and oxygen atoms in total. The Kier molecular flexibility index (Phi) is 4.25. The van der Waals surface area contributed by atoms with Gasteiger partial charge in [-0.2, -0.15) is 0 Å². The highest BCUT2D eigenvalue weighted by Gasteiger charge is 2.16. The molecule has 1 amide bonds. The molecule has 0 atom stereocenters. The first kappa shape index (κ1) is 13.4. The van der Waals surface area contributed by atoms with E-state index in [4.69, 9.17) is 11.6 Å². The van der Waals surface area contributed by atoms with Gasteiger partial charge in [-0.3, -0.25) is 4.79 Å². The predicted molar refractivity (Wildman–Crippen MR) is 78.8 cm³/mol. The number of nitrogens with one attached hydrogen (secondary N) is 1. The average Bonchev–Trinajstić information content (AvgIpc) is 2.66. The summed E-state index contributed by atoms with van der Waals surface area (Å²) in [7, 11) is 0. The molecule has 1 aromatic carbocycles. The summed E-state index contributed by atoms with van der Waals surface area (Å²) in [6.07, 6.45) is 2.06. The van der Waals surface area contributed by atoms with Crippen molar-refractivity contribution >= 4 is 38.9 Å². The number of amides is 1. The molecule has 0 aliphatic rings. The van der Waals surface area contributed by atoms with Crippen molar-refractivity contribution in [3.63, 3.8) is 0 Å². The molecule has 0 spiro atoms. The minimum atomic E-state index is -0.0627. The molecule has 0 aliphatic heterocycles. The zero-order chi connectivity index (χ0) is 13.1. The Morgan fingerprint density at radius 1 is 1.44 bits per heavy atom. The lowest BCUT2D eigenvalue weighted by molar-refractivity contribution is 0.0957. The van der Waals surface area contributed by atoms with Gasteiger partial charge in [-0.1, -0.05) is 37.1 Å². The van der Waals surface area contributed by atoms with E-state index in [1.54, 1.807) is 0 Å². The van der Waals surface area contributed by atoms with Crippen molar-refractivity contribution in [1.29, 1.82) is 0 Å². The van der Waals surface area contributed by atoms with Gasteiger partial charge in [0.25, 0.3) is 5.91 Å². The fourth-order valence-corrected chi connectivity index (χ4v) is 3.31. The number of hydrogen-bond acceptors (Lipinski definition) is 2. The Labute approximate surface area is 116 Å². The lowest BCUT2D eigenvalue weighted by Gasteiger charge is -2.01. The normalized spacial score (nSPS) is 10.8. The molecule has 2 aromatic rings. The summed E-state index contributed by atoms with van der Waals surface area (Å²) in [5, 5.41) is 4.44. The number of carbonyl (C=O) groups excluding carboxylic acids is 1. The van der Waals surface area contributed by atoms with Gasteiger partial charge >= 0.3 is 0 Å². The number of halogens is 1. The fraction of sp³-hybridized carbons (Fsp3) is 0.357. The SMILES string of the molecule is CCCCNC(=O)c1sc2cc(C)ccc2c1Cl. The van der Waals surface area contributed by atoms with Gasteiger partial charge in [-0.25, -0.2) is 0 Å². The number of benzene rings is 1. The molecule has 2 rings (SSSR count). The maximum absolute atomic E-state index is 12.0. The van der Waals surface area contributed by atoms with Crippen LogP contribution in [0.4, 0.5) is 0 Å². The smallest absolute Gasteiger partial charge is 0.262 e. The molecule has 0 saturated carbocycles. The summed E-state index contributed by atoms with van der Waals surface area (Å²) >= 11 is 7.73. The van der Waals surface area contributed by atoms with Gasteiger partial charge in [0, 0.05) is 16.6 Å². The Hall–Kier alpha value is -1.06. The van der Waals surface area contributed by atoms with Gasteiger partial charge in [0.1, 0.15) is 4.88 Å². The monoisotopic (exact) mass is 281 g/mol. The first-order chi connectivity index (χ1) is 8.63. The summed E-state index contributed by atoms with van der Waals surface area (Å²) in [6, 6.07) is 6.06. The third-order valence-electron chi connectivity index (χ3n) is 2.81. The Balaban J connectivity index is 2.28. The number of unbranched alkanes of at least 4 members (excludes halogenated alkanes) is 1. The van der Waals surface area contributed by atoms with E-state index in [9.17, 15) is 4.79 Å². The molecule has 0 saturated heterocycles. The second kappa shape index (κ2) is 5.72. The molecule has 0 fully saturated rings. The highest BCUT2D eigenvalue weighted by molar-refractivity contribution is 7.21. The van der Waals surface area contributed by atoms with Crippen molar-refractivity contribution in [3.8, 4) is 0 Å². The number of fused-ring (bicyclic) bond motifs is 1. The molecule has 1 aromatic heterocycles. The van der Waals surface area contributed by atoms with Crippen molar-refractivity contribution in [1.82, 2.24) is 5.32 Å². The van der Waals surface area contributed by atoms with Crippen molar-refractivity contribution in [2.24, 2.45) is 0 Å². The third kappa shape index (κ3) is 2.68. The molecule has 0 aliphatic carbocycles. The molecule has 0 bridgehead atoms. The van der Waals surface area contributed by atoms with Gasteiger partial charge in [-0.05, 0) is 25.0 Å². The van der Waals surface area contributed by atoms with E-state index in [0.717, 1.165) is 22.9 Å². The number of aryl methyl sites for hydroxylation is 1. The molecule has 1 heterocycles. The molecule has 0 unspecified atom stereocenters. The van der Waals surface area contributed by atoms with Gasteiger partial charge in [0.05, 0.1) is 5.02 Å². The molecular weight excluding hydrogens is 266 g/mol. The van der Waals surface area contributed by atoms with Crippen molar-refractivity contribution in [2.75, 3.05) is 6.54 Å². The Bertz CT molecular complexity index is 576. The summed E-state index contributed by atoms with van der Waals surface area (Å²) < 4.78 is 1.07. The van der Waals surface area contributed by atoms with E-state index >= 15 is 0 Å². The van der Waals surface area contributed by atoms with E-state index in [0.29, 0.717) is 16.4 Å². The highest BCUT2D eigenvalue weighted by Crippen LogP contribution is 2.35. The van der Waals surface area contributed by atoms with Crippen LogP contribution in [0.1, 0.15) is 35.0 Å². The van der Waals surface area contributed by atoms with Crippen LogP contribution in [0.25, 0.3) is 10.1 Å². The van der Waals surface area contributed by atoms with Crippen LogP contribution < -0.4 is 5.32 Å². The lowest BCUT2D eigenvalue weighted by Crippen LogP contribution is -2.23. The molecule has 1 N–H and O–H groups in total. The van der Waals surface area contributed by atoms with Crippen molar-refractivity contribution < 1.29 is 4.79 Å². The van der Waals surface area contributed by atoms with Gasteiger partial charge in [0.15, 0.2) is 0 Å². The van der Waals surface area contributed by atoms with Crippen molar-refractivity contribution in [3.05, 3.63) is 33.7 Å². The molecular formula is C14H16ClNOS. The lowest BCUT2D eigenvalue weighted by atomic mass is 10.2. The van der Waals surface area contributed by atoms with Crippen LogP contribution in [-0.4, -0.2) is 12.5 Å². The van der Waals surface area contributed by atoms with Crippen LogP contribution in [0, 0.1) is 6.92 Å². The zero-order valence-electron chi connectivity index (χ0n) is 10.5. The molecule has 96 valence electrons. The van der Waals surface area contributed by atoms with Gasteiger partial charge in [-0.15, -0.1) is 11.3 Å². The van der Waals surface area contributed by atoms with E-state index in [-0.39, 0.29) is 5.91 Å². The topological polar surface area (TPSA) is 29.1 Å². The summed E-state index contributed by atoms with van der Waals surface area (Å²) in [5.41, 5.74) is 1.18. The number of rotatable bonds is 4. The number of carbonyl (C=O) groups is 1. The van der Waals surface area contributed by atoms with E-state index in [1.165, 1.54) is 16.9 Å². The third-order valence-corrected chi connectivity index (χ3v) is 4.46. The maximum Gasteiger partial charge on any atom is 0.262 e. The highest BCUT2D eigenvalue weighted by atomic mass is 35.5. The first-order valence-electron chi connectivity index (χ1n) is 6.10. The van der Waals surface area contributed by atoms with Crippen LogP contribution in [0.15, 0.2) is 18.2 Å². The summed E-state index contributed by atoms with van der Waals surface area (Å²) in [4.78, 5) is 12.6. The molecule has 0 radical (unpaired) electrons. The molecule has 18 heavy (non-hydrogen) atoms. The van der Waals surface area contributed by atoms with E-state index in [1.807, 2.05) is 19.1 Å². The fourth-order valence-electron chi connectivity index (χ4n) is 1.78. The standard InChI is InChI=1S/C14H16ClNOS/c1-3-4-7-16-14(17)13-12(15)10-6-5-9(2)8-11(10)18-13/h5-6,8H,3-4,7H2,1-2H3,(H,16,17). The Morgan fingerprint density at radius 2 is 2.22 bits per heavy atom. The van der Waals surface area contributed by atoms with Gasteiger partial charge in [0.2, 0.25) is 0 Å². The van der Waals surface area contributed by atoms with Crippen LogP contribution in [0.5, 0.6) is 0 Å². The van der Waals surface area contributed by atoms with Crippen LogP contribution in [0.3, 0.4) is 0 Å². The second-order valence-corrected chi connectivity index (χ2v) is 5.78.